The van der Waals surface area contributed by atoms with Crippen molar-refractivity contribution < 1.29 is 9.59 Å². The van der Waals surface area contributed by atoms with Gasteiger partial charge in [0.15, 0.2) is 0 Å². The molecule has 0 radical (unpaired) electrons. The predicted molar refractivity (Wildman–Crippen MR) is 79.1 cm³/mol. The molecular formula is C15H17BrN2O2. The third kappa shape index (κ3) is 2.40. The number of imide groups is 1. The van der Waals surface area contributed by atoms with Gasteiger partial charge in [0.1, 0.15) is 0 Å². The minimum absolute atomic E-state index is 0.0798. The zero-order valence-electron chi connectivity index (χ0n) is 11.4. The summed E-state index contributed by atoms with van der Waals surface area (Å²) in [6, 6.07) is 6.28. The normalized spacial score (nSPS) is 26.0. The molecule has 0 bridgehead atoms. The van der Waals surface area contributed by atoms with Gasteiger partial charge in [0.2, 0.25) is 11.8 Å². The van der Waals surface area contributed by atoms with Crippen molar-refractivity contribution in [3.63, 3.8) is 0 Å². The van der Waals surface area contributed by atoms with Crippen molar-refractivity contribution in [2.24, 2.45) is 0 Å². The highest BCUT2D eigenvalue weighted by Gasteiger charge is 2.34. The van der Waals surface area contributed by atoms with E-state index >= 15 is 0 Å². The van der Waals surface area contributed by atoms with E-state index in [2.05, 4.69) is 33.4 Å². The SMILES string of the molecule is CN1C(=O)CCC(NC2CCc3cc(Br)ccc32)C1=O. The van der Waals surface area contributed by atoms with E-state index in [1.54, 1.807) is 7.05 Å². The third-order valence-electron chi connectivity index (χ3n) is 4.23. The lowest BCUT2D eigenvalue weighted by atomic mass is 10.0. The van der Waals surface area contributed by atoms with Gasteiger partial charge in [-0.3, -0.25) is 19.8 Å². The Hall–Kier alpha value is -1.20. The standard InChI is InChI=1S/C15H17BrN2O2/c1-18-14(19)7-6-13(15(18)20)17-12-5-2-9-8-10(16)3-4-11(9)12/h3-4,8,12-13,17H,2,5-7H2,1H3. The van der Waals surface area contributed by atoms with Gasteiger partial charge >= 0.3 is 0 Å². The molecule has 20 heavy (non-hydrogen) atoms. The molecule has 1 heterocycles. The molecule has 2 unspecified atom stereocenters. The number of benzene rings is 1. The zero-order valence-corrected chi connectivity index (χ0v) is 12.9. The van der Waals surface area contributed by atoms with E-state index in [1.165, 1.54) is 16.0 Å². The van der Waals surface area contributed by atoms with E-state index in [0.29, 0.717) is 12.8 Å². The molecule has 1 fully saturated rings. The van der Waals surface area contributed by atoms with Crippen LogP contribution in [0.1, 0.15) is 36.4 Å². The van der Waals surface area contributed by atoms with Crippen molar-refractivity contribution in [1.82, 2.24) is 10.2 Å². The average molecular weight is 337 g/mol. The molecule has 2 amide bonds. The highest BCUT2D eigenvalue weighted by atomic mass is 79.9. The van der Waals surface area contributed by atoms with Crippen LogP contribution in [0, 0.1) is 0 Å². The number of carbonyl (C=O) groups excluding carboxylic acids is 2. The van der Waals surface area contributed by atoms with Crippen LogP contribution in [0.25, 0.3) is 0 Å². The summed E-state index contributed by atoms with van der Waals surface area (Å²) in [5.41, 5.74) is 2.62. The summed E-state index contributed by atoms with van der Waals surface area (Å²) < 4.78 is 1.09. The van der Waals surface area contributed by atoms with E-state index in [9.17, 15) is 9.59 Å². The molecular weight excluding hydrogens is 320 g/mol. The molecule has 1 aromatic rings. The molecule has 5 heteroatoms. The number of fused-ring (bicyclic) bond motifs is 1. The van der Waals surface area contributed by atoms with Gasteiger partial charge in [-0.25, -0.2) is 0 Å². The van der Waals surface area contributed by atoms with E-state index in [-0.39, 0.29) is 23.9 Å². The minimum atomic E-state index is -0.239. The predicted octanol–water partition coefficient (Wildman–Crippen LogP) is 2.17. The first-order valence-electron chi connectivity index (χ1n) is 6.91. The second-order valence-corrected chi connectivity index (χ2v) is 6.40. The minimum Gasteiger partial charge on any atom is -0.299 e. The molecule has 0 aromatic heterocycles. The molecule has 2 atom stereocenters. The van der Waals surface area contributed by atoms with Crippen LogP contribution in [0.15, 0.2) is 22.7 Å². The number of likely N-dealkylation sites (tertiary alicyclic amines) is 1. The Bertz CT molecular complexity index is 573. The summed E-state index contributed by atoms with van der Waals surface area (Å²) in [5.74, 6) is -0.185. The van der Waals surface area contributed by atoms with Crippen molar-refractivity contribution in [1.29, 1.82) is 0 Å². The Balaban J connectivity index is 1.74. The van der Waals surface area contributed by atoms with E-state index in [1.807, 2.05) is 6.07 Å². The number of hydrogen-bond acceptors (Lipinski definition) is 3. The molecule has 1 aliphatic heterocycles. The Labute approximate surface area is 126 Å². The molecule has 3 rings (SSSR count). The van der Waals surface area contributed by atoms with E-state index < -0.39 is 0 Å². The van der Waals surface area contributed by atoms with Crippen molar-refractivity contribution in [2.75, 3.05) is 7.05 Å². The topological polar surface area (TPSA) is 49.4 Å². The molecule has 0 spiro atoms. The molecule has 1 saturated heterocycles. The van der Waals surface area contributed by atoms with Crippen molar-refractivity contribution in [3.05, 3.63) is 33.8 Å². The van der Waals surface area contributed by atoms with Gasteiger partial charge in [-0.1, -0.05) is 22.0 Å². The smallest absolute Gasteiger partial charge is 0.246 e. The second-order valence-electron chi connectivity index (χ2n) is 5.48. The van der Waals surface area contributed by atoms with Crippen LogP contribution in [0.3, 0.4) is 0 Å². The monoisotopic (exact) mass is 336 g/mol. The van der Waals surface area contributed by atoms with Gasteiger partial charge in [0.05, 0.1) is 6.04 Å². The number of amides is 2. The fraction of sp³-hybridized carbons (Fsp3) is 0.467. The molecule has 1 aromatic carbocycles. The summed E-state index contributed by atoms with van der Waals surface area (Å²) in [6.07, 6.45) is 3.08. The lowest BCUT2D eigenvalue weighted by Crippen LogP contribution is -2.52. The number of piperidine rings is 1. The summed E-state index contributed by atoms with van der Waals surface area (Å²) in [5, 5.41) is 3.44. The van der Waals surface area contributed by atoms with Crippen LogP contribution in [0.5, 0.6) is 0 Å². The number of rotatable bonds is 2. The highest BCUT2D eigenvalue weighted by Crippen LogP contribution is 2.33. The quantitative estimate of drug-likeness (QED) is 0.842. The van der Waals surface area contributed by atoms with Crippen LogP contribution in [0.4, 0.5) is 0 Å². The number of hydrogen-bond donors (Lipinski definition) is 1. The molecule has 0 saturated carbocycles. The fourth-order valence-corrected chi connectivity index (χ4v) is 3.48. The number of nitrogens with zero attached hydrogens (tertiary/aromatic N) is 1. The largest absolute Gasteiger partial charge is 0.299 e. The Morgan fingerprint density at radius 1 is 1.20 bits per heavy atom. The van der Waals surface area contributed by atoms with Gasteiger partial charge < -0.3 is 0 Å². The summed E-state index contributed by atoms with van der Waals surface area (Å²) in [7, 11) is 1.57. The van der Waals surface area contributed by atoms with Crippen LogP contribution in [0.2, 0.25) is 0 Å². The maximum Gasteiger partial charge on any atom is 0.246 e. The second kappa shape index (κ2) is 5.30. The van der Waals surface area contributed by atoms with Crippen LogP contribution < -0.4 is 5.32 Å². The Morgan fingerprint density at radius 2 is 1.95 bits per heavy atom. The summed E-state index contributed by atoms with van der Waals surface area (Å²) >= 11 is 3.49. The molecule has 4 nitrogen and oxygen atoms in total. The van der Waals surface area contributed by atoms with Crippen LogP contribution >= 0.6 is 15.9 Å². The fourth-order valence-electron chi connectivity index (χ4n) is 3.07. The summed E-state index contributed by atoms with van der Waals surface area (Å²) in [4.78, 5) is 24.9. The average Bonchev–Trinajstić information content (AvgIpc) is 2.82. The number of nitrogens with one attached hydrogen (secondary N) is 1. The lowest BCUT2D eigenvalue weighted by Gasteiger charge is -2.30. The molecule has 2 aliphatic rings. The number of halogens is 1. The third-order valence-corrected chi connectivity index (χ3v) is 4.73. The molecule has 1 aliphatic carbocycles. The van der Waals surface area contributed by atoms with Gasteiger partial charge in [0.25, 0.3) is 0 Å². The maximum atomic E-state index is 12.1. The van der Waals surface area contributed by atoms with Crippen molar-refractivity contribution in [3.8, 4) is 0 Å². The maximum absolute atomic E-state index is 12.1. The van der Waals surface area contributed by atoms with Gasteiger partial charge in [0, 0.05) is 24.0 Å². The van der Waals surface area contributed by atoms with Gasteiger partial charge in [-0.05, 0) is 42.5 Å². The van der Waals surface area contributed by atoms with Gasteiger partial charge in [-0.2, -0.15) is 0 Å². The Morgan fingerprint density at radius 3 is 2.75 bits per heavy atom. The van der Waals surface area contributed by atoms with Crippen molar-refractivity contribution in [2.45, 2.75) is 37.8 Å². The first kappa shape index (κ1) is 13.8. The summed E-state index contributed by atoms with van der Waals surface area (Å²) in [6.45, 7) is 0. The number of aryl methyl sites for hydroxylation is 1. The van der Waals surface area contributed by atoms with Crippen LogP contribution in [-0.4, -0.2) is 29.8 Å². The molecule has 1 N–H and O–H groups in total. The first-order valence-corrected chi connectivity index (χ1v) is 7.70. The first-order chi connectivity index (χ1) is 9.56. The highest BCUT2D eigenvalue weighted by molar-refractivity contribution is 9.10. The van der Waals surface area contributed by atoms with E-state index in [0.717, 1.165) is 17.3 Å². The van der Waals surface area contributed by atoms with Gasteiger partial charge in [-0.15, -0.1) is 0 Å². The zero-order chi connectivity index (χ0) is 14.3. The number of likely N-dealkylation sites (N-methyl/N-ethyl adjacent to an activating group) is 1. The number of carbonyl (C=O) groups is 2. The van der Waals surface area contributed by atoms with E-state index in [4.69, 9.17) is 0 Å². The molecule has 106 valence electrons. The van der Waals surface area contributed by atoms with Crippen LogP contribution in [-0.2, 0) is 16.0 Å². The lowest BCUT2D eigenvalue weighted by molar-refractivity contribution is -0.148. The van der Waals surface area contributed by atoms with Crippen molar-refractivity contribution >= 4 is 27.7 Å². The Kier molecular flexibility index (Phi) is 3.65.